The van der Waals surface area contributed by atoms with Gasteiger partial charge in [-0.15, -0.1) is 0 Å². The number of likely N-dealkylation sites (N-methyl/N-ethyl adjacent to an activating group) is 1. The number of hydrogen-bond acceptors (Lipinski definition) is 4. The molecule has 1 saturated heterocycles. The van der Waals surface area contributed by atoms with Crippen molar-refractivity contribution in [3.8, 4) is 5.75 Å². The van der Waals surface area contributed by atoms with Gasteiger partial charge in [-0.3, -0.25) is 14.4 Å². The molecule has 3 rings (SSSR count). The van der Waals surface area contributed by atoms with E-state index in [1.165, 1.54) is 0 Å². The number of benzene rings is 1. The fourth-order valence-electron chi connectivity index (χ4n) is 3.74. The first-order valence-corrected chi connectivity index (χ1v) is 10.4. The highest BCUT2D eigenvalue weighted by Crippen LogP contribution is 2.23. The molecular formula is C22H31N3O4. The minimum atomic E-state index is -0.281. The molecule has 0 spiro atoms. The Morgan fingerprint density at radius 2 is 1.93 bits per heavy atom. The second kappa shape index (κ2) is 9.76. The third-order valence-electron chi connectivity index (χ3n) is 5.60. The highest BCUT2D eigenvalue weighted by Gasteiger charge is 2.31. The lowest BCUT2D eigenvalue weighted by atomic mass is 9.96. The molecule has 1 heterocycles. The molecular weight excluding hydrogens is 370 g/mol. The van der Waals surface area contributed by atoms with E-state index in [1.807, 2.05) is 24.3 Å². The van der Waals surface area contributed by atoms with Gasteiger partial charge < -0.3 is 20.3 Å². The van der Waals surface area contributed by atoms with Crippen LogP contribution in [0.25, 0.3) is 0 Å². The Bertz CT molecular complexity index is 747. The predicted molar refractivity (Wildman–Crippen MR) is 109 cm³/mol. The molecule has 158 valence electrons. The Kier molecular flexibility index (Phi) is 7.12. The molecule has 7 nitrogen and oxygen atoms in total. The molecule has 0 bridgehead atoms. The molecule has 0 aromatic heterocycles. The van der Waals surface area contributed by atoms with E-state index in [1.54, 1.807) is 19.1 Å². The molecule has 0 radical (unpaired) electrons. The third kappa shape index (κ3) is 6.48. The van der Waals surface area contributed by atoms with Gasteiger partial charge in [0.1, 0.15) is 5.75 Å². The van der Waals surface area contributed by atoms with Crippen molar-refractivity contribution in [2.45, 2.75) is 57.0 Å². The van der Waals surface area contributed by atoms with Crippen LogP contribution in [-0.2, 0) is 20.8 Å². The maximum atomic E-state index is 12.5. The summed E-state index contributed by atoms with van der Waals surface area (Å²) in [7, 11) is 3.34. The van der Waals surface area contributed by atoms with Gasteiger partial charge in [0.2, 0.25) is 17.7 Å². The normalized spacial score (nSPS) is 22.8. The number of rotatable bonds is 6. The monoisotopic (exact) mass is 401 g/mol. The van der Waals surface area contributed by atoms with Gasteiger partial charge in [0.15, 0.2) is 0 Å². The number of carbonyl (C=O) groups excluding carboxylic acids is 3. The first-order chi connectivity index (χ1) is 13.9. The summed E-state index contributed by atoms with van der Waals surface area (Å²) in [4.78, 5) is 39.2. The van der Waals surface area contributed by atoms with E-state index >= 15 is 0 Å². The number of carbonyl (C=O) groups is 3. The lowest BCUT2D eigenvalue weighted by Crippen LogP contribution is -2.44. The highest BCUT2D eigenvalue weighted by atomic mass is 16.5. The van der Waals surface area contributed by atoms with Gasteiger partial charge in [-0.1, -0.05) is 18.6 Å². The van der Waals surface area contributed by atoms with Crippen LogP contribution in [0.1, 0.15) is 44.1 Å². The summed E-state index contributed by atoms with van der Waals surface area (Å²) in [5.74, 6) is 0.311. The molecule has 1 saturated carbocycles. The molecule has 1 aromatic rings. The average molecular weight is 402 g/mol. The maximum absolute atomic E-state index is 12.5. The van der Waals surface area contributed by atoms with Crippen LogP contribution >= 0.6 is 0 Å². The zero-order valence-corrected chi connectivity index (χ0v) is 17.3. The fraction of sp³-hybridized carbons (Fsp3) is 0.591. The summed E-state index contributed by atoms with van der Waals surface area (Å²) < 4.78 is 5.21. The quantitative estimate of drug-likeness (QED) is 0.759. The predicted octanol–water partition coefficient (Wildman–Crippen LogP) is 1.65. The first-order valence-electron chi connectivity index (χ1n) is 10.4. The lowest BCUT2D eigenvalue weighted by molar-refractivity contribution is -0.135. The fourth-order valence-corrected chi connectivity index (χ4v) is 3.74. The summed E-state index contributed by atoms with van der Waals surface area (Å²) in [6.07, 6.45) is 4.78. The molecule has 7 heteroatoms. The number of amides is 3. The Balaban J connectivity index is 1.56. The van der Waals surface area contributed by atoms with Gasteiger partial charge in [-0.2, -0.15) is 0 Å². The Hall–Kier alpha value is -2.57. The molecule has 1 aliphatic heterocycles. The number of nitrogens with zero attached hydrogens (tertiary/aromatic N) is 1. The molecule has 2 aliphatic rings. The number of hydrogen-bond donors (Lipinski definition) is 2. The van der Waals surface area contributed by atoms with E-state index in [-0.39, 0.29) is 42.5 Å². The van der Waals surface area contributed by atoms with Crippen molar-refractivity contribution in [1.29, 1.82) is 0 Å². The van der Waals surface area contributed by atoms with Gasteiger partial charge in [-0.05, 0) is 43.4 Å². The molecule has 3 amide bonds. The number of methoxy groups -OCH3 is 1. The van der Waals surface area contributed by atoms with E-state index < -0.39 is 0 Å². The summed E-state index contributed by atoms with van der Waals surface area (Å²) in [5, 5.41) is 6.08. The van der Waals surface area contributed by atoms with Gasteiger partial charge in [0, 0.05) is 38.0 Å². The summed E-state index contributed by atoms with van der Waals surface area (Å²) in [6, 6.07) is 7.63. The summed E-state index contributed by atoms with van der Waals surface area (Å²) >= 11 is 0. The van der Waals surface area contributed by atoms with Crippen LogP contribution < -0.4 is 15.4 Å². The van der Waals surface area contributed by atoms with E-state index in [0.717, 1.165) is 37.0 Å². The van der Waals surface area contributed by atoms with Crippen LogP contribution in [0, 0.1) is 5.92 Å². The molecule has 1 aromatic carbocycles. The van der Waals surface area contributed by atoms with Crippen molar-refractivity contribution in [1.82, 2.24) is 15.5 Å². The second-order valence-electron chi connectivity index (χ2n) is 8.18. The van der Waals surface area contributed by atoms with Crippen LogP contribution in [0.3, 0.4) is 0 Å². The Labute approximate surface area is 172 Å². The third-order valence-corrected chi connectivity index (χ3v) is 5.60. The first kappa shape index (κ1) is 21.1. The largest absolute Gasteiger partial charge is 0.497 e. The van der Waals surface area contributed by atoms with Crippen molar-refractivity contribution in [3.63, 3.8) is 0 Å². The van der Waals surface area contributed by atoms with Crippen LogP contribution in [0.15, 0.2) is 24.3 Å². The van der Waals surface area contributed by atoms with Gasteiger partial charge >= 0.3 is 0 Å². The van der Waals surface area contributed by atoms with Crippen molar-refractivity contribution in [3.05, 3.63) is 29.8 Å². The number of ether oxygens (including phenoxy) is 1. The summed E-state index contributed by atoms with van der Waals surface area (Å²) in [5.41, 5.74) is 0.881. The molecule has 1 aliphatic carbocycles. The zero-order valence-electron chi connectivity index (χ0n) is 17.3. The highest BCUT2D eigenvalue weighted by molar-refractivity contribution is 5.86. The Morgan fingerprint density at radius 3 is 2.66 bits per heavy atom. The van der Waals surface area contributed by atoms with Gasteiger partial charge in [0.25, 0.3) is 0 Å². The van der Waals surface area contributed by atoms with Crippen LogP contribution in [0.2, 0.25) is 0 Å². The van der Waals surface area contributed by atoms with Crippen molar-refractivity contribution < 1.29 is 19.1 Å². The Morgan fingerprint density at radius 1 is 1.14 bits per heavy atom. The van der Waals surface area contributed by atoms with Crippen molar-refractivity contribution in [2.75, 3.05) is 20.7 Å². The van der Waals surface area contributed by atoms with Gasteiger partial charge in [-0.25, -0.2) is 0 Å². The van der Waals surface area contributed by atoms with E-state index in [9.17, 15) is 14.4 Å². The SMILES string of the molecule is COc1cccc(CC(=O)NC2CCCC(C(=O)NC3CC3)CC(=O)N(C)C2)c1. The standard InChI is InChI=1S/C22H31N3O4/c1-25-14-18(23-20(26)12-15-5-3-8-19(11-15)29-2)7-4-6-16(13-21(25)27)22(28)24-17-9-10-17/h3,5,8,11,16-18H,4,6-7,9-10,12-14H2,1-2H3,(H,23,26)(H,24,28). The van der Waals surface area contributed by atoms with E-state index in [0.29, 0.717) is 19.0 Å². The maximum Gasteiger partial charge on any atom is 0.224 e. The van der Waals surface area contributed by atoms with Gasteiger partial charge in [0.05, 0.1) is 13.5 Å². The van der Waals surface area contributed by atoms with Crippen molar-refractivity contribution in [2.24, 2.45) is 5.92 Å². The van der Waals surface area contributed by atoms with E-state index in [4.69, 9.17) is 4.74 Å². The van der Waals surface area contributed by atoms with E-state index in [2.05, 4.69) is 10.6 Å². The number of nitrogens with one attached hydrogen (secondary N) is 2. The smallest absolute Gasteiger partial charge is 0.224 e. The molecule has 2 N–H and O–H groups in total. The topological polar surface area (TPSA) is 87.7 Å². The second-order valence-corrected chi connectivity index (χ2v) is 8.18. The zero-order chi connectivity index (χ0) is 20.8. The average Bonchev–Trinajstić information content (AvgIpc) is 3.49. The van der Waals surface area contributed by atoms with Crippen LogP contribution in [-0.4, -0.2) is 55.4 Å². The van der Waals surface area contributed by atoms with Crippen LogP contribution in [0.5, 0.6) is 5.75 Å². The van der Waals surface area contributed by atoms with Crippen molar-refractivity contribution >= 4 is 17.7 Å². The van der Waals surface area contributed by atoms with Crippen LogP contribution in [0.4, 0.5) is 0 Å². The molecule has 2 unspecified atom stereocenters. The minimum absolute atomic E-state index is 0.00485. The molecule has 2 atom stereocenters. The molecule has 2 fully saturated rings. The molecule has 29 heavy (non-hydrogen) atoms. The lowest BCUT2D eigenvalue weighted by Gasteiger charge is -2.24. The summed E-state index contributed by atoms with van der Waals surface area (Å²) in [6.45, 7) is 0.458. The minimum Gasteiger partial charge on any atom is -0.497 e.